The molecule has 10 atom stereocenters. The van der Waals surface area contributed by atoms with E-state index >= 15 is 0 Å². The molecular weight excluding hydrogens is 1160 g/mol. The van der Waals surface area contributed by atoms with Crippen LogP contribution in [0.5, 0.6) is 0 Å². The van der Waals surface area contributed by atoms with Crippen LogP contribution in [0.25, 0.3) is 0 Å². The first kappa shape index (κ1) is 74.2. The lowest BCUT2D eigenvalue weighted by atomic mass is 9.96. The van der Waals surface area contributed by atoms with E-state index in [0.717, 1.165) is 43.9 Å². The highest BCUT2D eigenvalue weighted by Gasteiger charge is 2.43. The van der Waals surface area contributed by atoms with Crippen LogP contribution in [0.1, 0.15) is 150 Å². The maximum Gasteiger partial charge on any atom is 0.305 e. The van der Waals surface area contributed by atoms with Crippen LogP contribution < -0.4 is 64.2 Å². The molecule has 13 amide bonds. The van der Waals surface area contributed by atoms with Crippen molar-refractivity contribution in [3.05, 3.63) is 0 Å². The van der Waals surface area contributed by atoms with Crippen molar-refractivity contribution >= 4 is 88.7 Å². The van der Waals surface area contributed by atoms with Gasteiger partial charge in [0.2, 0.25) is 76.8 Å². The fraction of sp³-hybridized carbons (Fsp3) is 0.732. The molecule has 32 heteroatoms. The second-order valence-corrected chi connectivity index (χ2v) is 22.4. The molecule has 494 valence electrons. The van der Waals surface area contributed by atoms with Crippen LogP contribution in [0.3, 0.4) is 0 Å². The Labute approximate surface area is 511 Å². The summed E-state index contributed by atoms with van der Waals surface area (Å²) in [4.78, 5) is 203. The monoisotopic (exact) mass is 1250 g/mol. The number of fused-ring (bicyclic) bond motifs is 2. The number of nitrogens with two attached hydrogens (primary N) is 1. The van der Waals surface area contributed by atoms with E-state index in [1.54, 1.807) is 13.8 Å². The first-order valence-electron chi connectivity index (χ1n) is 30.4. The number of primary amides is 1. The number of hydrogen-bond acceptors (Lipinski definition) is 17. The molecule has 0 unspecified atom stereocenters. The van der Waals surface area contributed by atoms with Gasteiger partial charge in [-0.3, -0.25) is 71.9 Å². The van der Waals surface area contributed by atoms with Crippen molar-refractivity contribution in [1.29, 1.82) is 0 Å². The number of aliphatic hydroxyl groups is 1. The zero-order valence-electron chi connectivity index (χ0n) is 50.8. The number of carbonyl (C=O) groups excluding carboxylic acids is 13. The van der Waals surface area contributed by atoms with Gasteiger partial charge in [0.1, 0.15) is 48.3 Å². The first-order chi connectivity index (χ1) is 41.8. The molecule has 0 aromatic rings. The minimum Gasteiger partial charge on any atom is -0.481 e. The van der Waals surface area contributed by atoms with Gasteiger partial charge in [-0.15, -0.1) is 0 Å². The molecule has 0 aromatic heterocycles. The van der Waals surface area contributed by atoms with Gasteiger partial charge in [-0.05, 0) is 57.9 Å². The molecule has 88 heavy (non-hydrogen) atoms. The number of hydrogen-bond donors (Lipinski definition) is 15. The van der Waals surface area contributed by atoms with Crippen LogP contribution in [0.2, 0.25) is 0 Å². The highest BCUT2D eigenvalue weighted by molar-refractivity contribution is 6.00. The lowest BCUT2D eigenvalue weighted by Crippen LogP contribution is -2.63. The summed E-state index contributed by atoms with van der Waals surface area (Å²) in [6.45, 7) is 3.19. The molecule has 3 saturated heterocycles. The Balaban J connectivity index is 2.00. The van der Waals surface area contributed by atoms with Crippen LogP contribution in [-0.2, 0) is 71.9 Å². The van der Waals surface area contributed by atoms with E-state index < -0.39 is 195 Å². The van der Waals surface area contributed by atoms with E-state index in [-0.39, 0.29) is 45.3 Å². The summed E-state index contributed by atoms with van der Waals surface area (Å²) in [5.41, 5.74) is 5.53. The number of piperidine rings is 1. The van der Waals surface area contributed by atoms with E-state index in [1.165, 1.54) is 37.0 Å². The van der Waals surface area contributed by atoms with Crippen LogP contribution in [-0.4, -0.2) is 221 Å². The molecule has 3 rings (SSSR count). The molecule has 0 saturated carbocycles. The zero-order valence-corrected chi connectivity index (χ0v) is 50.8. The normalized spacial score (nSPS) is 23.9. The van der Waals surface area contributed by atoms with E-state index in [2.05, 4.69) is 65.4 Å². The third-order valence-electron chi connectivity index (χ3n) is 15.3. The quantitative estimate of drug-likeness (QED) is 0.0383. The van der Waals surface area contributed by atoms with Crippen LogP contribution in [0, 0.1) is 5.92 Å². The van der Waals surface area contributed by atoms with Gasteiger partial charge in [-0.25, -0.2) is 0 Å². The lowest BCUT2D eigenvalue weighted by molar-refractivity contribution is -0.146. The Kier molecular flexibility index (Phi) is 32.9. The van der Waals surface area contributed by atoms with Crippen LogP contribution in [0.4, 0.5) is 0 Å². The molecule has 3 aliphatic heterocycles. The highest BCUT2D eigenvalue weighted by Crippen LogP contribution is 2.23. The summed E-state index contributed by atoms with van der Waals surface area (Å²) < 4.78 is 0. The molecule has 16 N–H and O–H groups in total. The summed E-state index contributed by atoms with van der Waals surface area (Å²) >= 11 is 0. The Bertz CT molecular complexity index is 2470. The van der Waals surface area contributed by atoms with Crippen molar-refractivity contribution in [1.82, 2.24) is 68.3 Å². The SMILES string of the molecule is CCCCCCCCCCCCNCC(=O)N[C@@H](CC(N)=O)C(=O)N[C@H]1CNC(=O)[C@@H]2CCCN2C(=O)[C@H]([C@H](C)CC)NC(=O)[C@H]([C@@H](C)O)NC(=O)CNC(=O)[C@H](CC(=O)O)NC(=O)CNC(=O)[C@H](CC(=O)O)NC(=O)CNC(=O)[C@@H]2CCCCN2C1=O. The Hall–Kier alpha value is -8.03. The Morgan fingerprint density at radius 3 is 1.60 bits per heavy atom. The van der Waals surface area contributed by atoms with E-state index in [4.69, 9.17) is 5.73 Å². The van der Waals surface area contributed by atoms with Crippen molar-refractivity contribution < 1.29 is 87.2 Å². The summed E-state index contributed by atoms with van der Waals surface area (Å²) in [6.07, 6.45) is 7.89. The standard InChI is InChI=1S/C56H92N14O18/c1-5-7-8-9-10-11-12-13-14-16-21-58-28-41(73)63-34(24-40(57)72)51(83)66-37-27-59-52(84)39-20-18-23-70(39)56(88)47(32(3)6-2)68-54(86)48(33(4)71)67-44(76)31-61-50(82)36(26-46(79)80)64-42(74)29-60-49(81)35(25-45(77)78)65-43(75)30-62-53(85)38-19-15-17-22-69(38)55(37)87/h32-39,47-48,58,71H,5-31H2,1-4H3,(H2,57,72)(H,59,84)(H,60,81)(H,61,82)(H,62,85)(H,63,73)(H,64,74)(H,65,75)(H,66,83)(H,67,76)(H,68,86)(H,77,78)(H,79,80)/t32-,33-,34+,35+,36+,37+,38+,39+,47+,48+/m1/s1. The Morgan fingerprint density at radius 2 is 1.08 bits per heavy atom. The predicted molar refractivity (Wildman–Crippen MR) is 312 cm³/mol. The fourth-order valence-electron chi connectivity index (χ4n) is 10.2. The van der Waals surface area contributed by atoms with Crippen molar-refractivity contribution in [2.75, 3.05) is 52.4 Å². The van der Waals surface area contributed by atoms with Crippen molar-refractivity contribution in [2.45, 2.75) is 204 Å². The third-order valence-corrected chi connectivity index (χ3v) is 15.3. The average molecular weight is 1250 g/mol. The molecule has 0 spiro atoms. The molecule has 0 aromatic carbocycles. The summed E-state index contributed by atoms with van der Waals surface area (Å²) in [7, 11) is 0. The molecule has 3 heterocycles. The maximum atomic E-state index is 14.8. The number of aliphatic carboxylic acids is 2. The van der Waals surface area contributed by atoms with Gasteiger partial charge < -0.3 is 89.3 Å². The smallest absolute Gasteiger partial charge is 0.305 e. The number of amides is 13. The average Bonchev–Trinajstić information content (AvgIpc) is 4.03. The second kappa shape index (κ2) is 39.0. The van der Waals surface area contributed by atoms with Crippen LogP contribution >= 0.6 is 0 Å². The van der Waals surface area contributed by atoms with Gasteiger partial charge in [0.05, 0.1) is 51.5 Å². The molecule has 3 fully saturated rings. The number of carbonyl (C=O) groups is 15. The molecule has 0 aliphatic carbocycles. The molecule has 0 bridgehead atoms. The summed E-state index contributed by atoms with van der Waals surface area (Å²) in [5.74, 6) is -17.0. The Morgan fingerprint density at radius 1 is 0.591 bits per heavy atom. The van der Waals surface area contributed by atoms with E-state index in [0.29, 0.717) is 19.4 Å². The zero-order chi connectivity index (χ0) is 65.5. The van der Waals surface area contributed by atoms with E-state index in [9.17, 15) is 87.2 Å². The minimum absolute atomic E-state index is 0.00282. The van der Waals surface area contributed by atoms with Gasteiger partial charge in [-0.2, -0.15) is 0 Å². The highest BCUT2D eigenvalue weighted by atomic mass is 16.4. The van der Waals surface area contributed by atoms with Gasteiger partial charge in [0.25, 0.3) is 0 Å². The van der Waals surface area contributed by atoms with Gasteiger partial charge in [0, 0.05) is 19.6 Å². The predicted octanol–water partition coefficient (Wildman–Crippen LogP) is -4.49. The summed E-state index contributed by atoms with van der Waals surface area (Å²) in [5, 5.41) is 55.8. The number of carboxylic acid groups (broad SMARTS) is 2. The number of carboxylic acids is 2. The molecule has 0 radical (unpaired) electrons. The first-order valence-corrected chi connectivity index (χ1v) is 30.4. The third kappa shape index (κ3) is 26.1. The maximum absolute atomic E-state index is 14.8. The van der Waals surface area contributed by atoms with Crippen LogP contribution in [0.15, 0.2) is 0 Å². The van der Waals surface area contributed by atoms with Gasteiger partial charge in [-0.1, -0.05) is 85.0 Å². The van der Waals surface area contributed by atoms with Gasteiger partial charge in [0.15, 0.2) is 0 Å². The van der Waals surface area contributed by atoms with Crippen molar-refractivity contribution in [3.63, 3.8) is 0 Å². The summed E-state index contributed by atoms with van der Waals surface area (Å²) in [6, 6.07) is -12.9. The minimum atomic E-state index is -1.89. The number of aliphatic hydroxyl groups excluding tert-OH is 1. The molecular formula is C56H92N14O18. The topological polar surface area (TPSA) is 482 Å². The fourth-order valence-corrected chi connectivity index (χ4v) is 10.2. The van der Waals surface area contributed by atoms with Gasteiger partial charge >= 0.3 is 11.9 Å². The van der Waals surface area contributed by atoms with Crippen molar-refractivity contribution in [3.8, 4) is 0 Å². The largest absolute Gasteiger partial charge is 0.481 e. The molecule has 3 aliphatic rings. The second-order valence-electron chi connectivity index (χ2n) is 22.4. The number of nitrogens with one attached hydrogen (secondary N) is 11. The molecule has 32 nitrogen and oxygen atoms in total. The van der Waals surface area contributed by atoms with E-state index in [1.807, 2.05) is 0 Å². The lowest BCUT2D eigenvalue weighted by Gasteiger charge is -2.37. The number of rotatable bonds is 25. The number of nitrogens with zero attached hydrogens (tertiary/aromatic N) is 2. The van der Waals surface area contributed by atoms with Crippen molar-refractivity contribution in [2.24, 2.45) is 11.7 Å². The number of unbranched alkanes of at least 4 members (excludes halogenated alkanes) is 9.